The molecule has 0 spiro atoms. The third-order valence-electron chi connectivity index (χ3n) is 4.66. The Morgan fingerprint density at radius 2 is 2.03 bits per heavy atom. The van der Waals surface area contributed by atoms with Crippen LogP contribution in [0.15, 0.2) is 54.9 Å². The van der Waals surface area contributed by atoms with E-state index >= 15 is 0 Å². The van der Waals surface area contributed by atoms with E-state index in [-0.39, 0.29) is 29.7 Å². The van der Waals surface area contributed by atoms with Crippen molar-refractivity contribution in [1.82, 2.24) is 9.97 Å². The Morgan fingerprint density at radius 3 is 2.74 bits per heavy atom. The van der Waals surface area contributed by atoms with Crippen LogP contribution in [0.25, 0.3) is 0 Å². The van der Waals surface area contributed by atoms with Crippen molar-refractivity contribution < 1.29 is 27.4 Å². The molecule has 0 fully saturated rings. The number of carbonyl (C=O) groups excluding carboxylic acids is 1. The van der Waals surface area contributed by atoms with Gasteiger partial charge in [0, 0.05) is 24.5 Å². The summed E-state index contributed by atoms with van der Waals surface area (Å²) in [4.78, 5) is 22.2. The molecule has 160 valence electrons. The number of hydrogen-bond donors (Lipinski definition) is 1. The van der Waals surface area contributed by atoms with E-state index < -0.39 is 17.8 Å². The van der Waals surface area contributed by atoms with Gasteiger partial charge >= 0.3 is 12.2 Å². The number of rotatable bonds is 4. The van der Waals surface area contributed by atoms with E-state index in [0.717, 1.165) is 6.07 Å². The van der Waals surface area contributed by atoms with Crippen molar-refractivity contribution in [1.29, 1.82) is 0 Å². The molecule has 0 atom stereocenters. The minimum atomic E-state index is -4.61. The number of carbonyl (C=O) groups is 1. The Bertz CT molecular complexity index is 1110. The van der Waals surface area contributed by atoms with E-state index in [2.05, 4.69) is 15.3 Å². The lowest BCUT2D eigenvalue weighted by Gasteiger charge is -2.20. The van der Waals surface area contributed by atoms with Crippen molar-refractivity contribution in [3.63, 3.8) is 0 Å². The number of nitrogens with one attached hydrogen (secondary N) is 1. The predicted octanol–water partition coefficient (Wildman–Crippen LogP) is 4.89. The smallest absolute Gasteiger partial charge is 0.420 e. The zero-order valence-corrected chi connectivity index (χ0v) is 16.3. The second kappa shape index (κ2) is 8.13. The number of urea groups is 1. The second-order valence-electron chi connectivity index (χ2n) is 6.66. The molecular weight excluding hydrogens is 413 g/mol. The minimum absolute atomic E-state index is 0.188. The number of methoxy groups -OCH3 is 1. The second-order valence-corrected chi connectivity index (χ2v) is 6.66. The highest BCUT2D eigenvalue weighted by atomic mass is 19.4. The third-order valence-corrected chi connectivity index (χ3v) is 4.66. The Morgan fingerprint density at radius 1 is 1.19 bits per heavy atom. The molecule has 0 saturated heterocycles. The summed E-state index contributed by atoms with van der Waals surface area (Å²) in [7, 11) is 1.18. The number of nitrogens with zero attached hydrogens (tertiary/aromatic N) is 3. The maximum Gasteiger partial charge on any atom is 0.420 e. The van der Waals surface area contributed by atoms with Crippen LogP contribution in [-0.4, -0.2) is 29.7 Å². The van der Waals surface area contributed by atoms with Gasteiger partial charge in [-0.3, -0.25) is 15.2 Å². The maximum atomic E-state index is 13.4. The highest BCUT2D eigenvalue weighted by Crippen LogP contribution is 2.42. The van der Waals surface area contributed by atoms with Gasteiger partial charge in [0.1, 0.15) is 17.3 Å². The molecule has 1 aromatic carbocycles. The number of benzene rings is 1. The molecule has 0 unspecified atom stereocenters. The molecule has 1 aliphatic rings. The largest absolute Gasteiger partial charge is 0.496 e. The predicted molar refractivity (Wildman–Crippen MR) is 107 cm³/mol. The number of halogens is 3. The van der Waals surface area contributed by atoms with E-state index in [1.807, 2.05) is 0 Å². The number of ether oxygens (including phenoxy) is 2. The molecule has 2 aromatic heterocycles. The zero-order chi connectivity index (χ0) is 22.0. The third kappa shape index (κ3) is 4.37. The first-order chi connectivity index (χ1) is 14.8. The lowest BCUT2D eigenvalue weighted by molar-refractivity contribution is -0.138. The fourth-order valence-corrected chi connectivity index (χ4v) is 3.26. The van der Waals surface area contributed by atoms with Gasteiger partial charge in [0.2, 0.25) is 5.88 Å². The Labute approximate surface area is 175 Å². The highest BCUT2D eigenvalue weighted by Gasteiger charge is 2.37. The quantitative estimate of drug-likeness (QED) is 0.638. The fraction of sp³-hybridized carbons (Fsp3) is 0.190. The Balaban J connectivity index is 1.54. The fourth-order valence-electron chi connectivity index (χ4n) is 3.26. The molecule has 0 aliphatic carbocycles. The first-order valence-corrected chi connectivity index (χ1v) is 9.27. The minimum Gasteiger partial charge on any atom is -0.496 e. The summed E-state index contributed by atoms with van der Waals surface area (Å²) in [6.45, 7) is 0.234. The molecule has 1 N–H and O–H groups in total. The van der Waals surface area contributed by atoms with E-state index in [9.17, 15) is 18.0 Å². The summed E-state index contributed by atoms with van der Waals surface area (Å²) >= 11 is 0. The molecule has 7 nitrogen and oxygen atoms in total. The van der Waals surface area contributed by atoms with E-state index in [4.69, 9.17) is 9.47 Å². The van der Waals surface area contributed by atoms with E-state index in [1.165, 1.54) is 24.3 Å². The highest BCUT2D eigenvalue weighted by molar-refractivity contribution is 6.02. The molecule has 10 heteroatoms. The zero-order valence-electron chi connectivity index (χ0n) is 16.3. The lowest BCUT2D eigenvalue weighted by atomic mass is 10.1. The summed E-state index contributed by atoms with van der Waals surface area (Å²) in [5.41, 5.74) is -0.145. The van der Waals surface area contributed by atoms with Gasteiger partial charge < -0.3 is 9.47 Å². The molecule has 3 heterocycles. The van der Waals surface area contributed by atoms with Gasteiger partial charge in [-0.15, -0.1) is 0 Å². The van der Waals surface area contributed by atoms with Gasteiger partial charge in [0.25, 0.3) is 0 Å². The van der Waals surface area contributed by atoms with Crippen molar-refractivity contribution in [2.45, 2.75) is 12.6 Å². The van der Waals surface area contributed by atoms with Crippen molar-refractivity contribution in [2.24, 2.45) is 0 Å². The molecule has 0 saturated carbocycles. The molecule has 3 aromatic rings. The number of amides is 2. The van der Waals surface area contributed by atoms with Gasteiger partial charge in [-0.1, -0.05) is 6.07 Å². The first-order valence-electron chi connectivity index (χ1n) is 9.27. The maximum absolute atomic E-state index is 13.4. The van der Waals surface area contributed by atoms with Crippen LogP contribution < -0.4 is 19.7 Å². The van der Waals surface area contributed by atoms with Crippen LogP contribution in [0.1, 0.15) is 11.1 Å². The SMILES string of the molecule is COc1cc2c(cc1C(F)(F)F)N(C(=O)Nc1cccc(Oc3cccnc3)n1)CC2. The molecule has 31 heavy (non-hydrogen) atoms. The molecule has 1 aliphatic heterocycles. The monoisotopic (exact) mass is 430 g/mol. The summed E-state index contributed by atoms with van der Waals surface area (Å²) in [5, 5.41) is 2.61. The van der Waals surface area contributed by atoms with Gasteiger partial charge in [-0.2, -0.15) is 18.2 Å². The van der Waals surface area contributed by atoms with Crippen LogP contribution in [0.4, 0.5) is 29.5 Å². The van der Waals surface area contributed by atoms with Crippen molar-refractivity contribution in [3.05, 3.63) is 66.0 Å². The normalized spacial score (nSPS) is 13.0. The van der Waals surface area contributed by atoms with Crippen LogP contribution >= 0.6 is 0 Å². The Kier molecular flexibility index (Phi) is 5.37. The number of fused-ring (bicyclic) bond motifs is 1. The summed E-state index contributed by atoms with van der Waals surface area (Å²) in [6, 6.07) is 9.88. The van der Waals surface area contributed by atoms with Crippen molar-refractivity contribution in [3.8, 4) is 17.4 Å². The van der Waals surface area contributed by atoms with Crippen LogP contribution in [0.5, 0.6) is 17.4 Å². The summed E-state index contributed by atoms with van der Waals surface area (Å²) < 4.78 is 50.6. The topological polar surface area (TPSA) is 76.6 Å². The number of alkyl halides is 3. The van der Waals surface area contributed by atoms with E-state index in [0.29, 0.717) is 17.7 Å². The molecule has 2 amide bonds. The number of aromatic nitrogens is 2. The first kappa shape index (κ1) is 20.5. The average Bonchev–Trinajstić information content (AvgIpc) is 3.16. The van der Waals surface area contributed by atoms with Crippen LogP contribution in [0, 0.1) is 0 Å². The molecule has 4 rings (SSSR count). The Hall–Kier alpha value is -3.82. The van der Waals surface area contributed by atoms with Gasteiger partial charge in [0.05, 0.1) is 18.9 Å². The van der Waals surface area contributed by atoms with Gasteiger partial charge in [-0.25, -0.2) is 4.79 Å². The standard InChI is InChI=1S/C21H17F3N4O3/c1-30-17-10-13-7-9-28(16(13)11-15(17)21(22,23)24)20(29)27-18-5-2-6-19(26-18)31-14-4-3-8-25-12-14/h2-6,8,10-12H,7,9H2,1H3,(H,26,27,29). The number of hydrogen-bond acceptors (Lipinski definition) is 5. The molecule has 0 bridgehead atoms. The van der Waals surface area contributed by atoms with E-state index in [1.54, 1.807) is 36.5 Å². The number of anilines is 2. The molecular formula is C21H17F3N4O3. The van der Waals surface area contributed by atoms with Crippen LogP contribution in [0.3, 0.4) is 0 Å². The number of pyridine rings is 2. The van der Waals surface area contributed by atoms with Crippen LogP contribution in [0.2, 0.25) is 0 Å². The van der Waals surface area contributed by atoms with Crippen molar-refractivity contribution in [2.75, 3.05) is 23.9 Å². The summed E-state index contributed by atoms with van der Waals surface area (Å²) in [5.74, 6) is 0.636. The van der Waals surface area contributed by atoms with Gasteiger partial charge in [-0.05, 0) is 42.3 Å². The van der Waals surface area contributed by atoms with Gasteiger partial charge in [0.15, 0.2) is 0 Å². The average molecular weight is 430 g/mol. The van der Waals surface area contributed by atoms with Crippen molar-refractivity contribution >= 4 is 17.5 Å². The molecule has 0 radical (unpaired) electrons. The van der Waals surface area contributed by atoms with Crippen LogP contribution in [-0.2, 0) is 12.6 Å². The summed E-state index contributed by atoms with van der Waals surface area (Å²) in [6.07, 6.45) is -1.08. The lowest BCUT2D eigenvalue weighted by Crippen LogP contribution is -2.33.